The molecule has 1 aliphatic heterocycles. The average Bonchev–Trinajstić information content (AvgIpc) is 3.61. The highest BCUT2D eigenvalue weighted by atomic mass is 16.7. The first kappa shape index (κ1) is 35.5. The van der Waals surface area contributed by atoms with Crippen molar-refractivity contribution in [2.24, 2.45) is 21.7 Å². The molecular weight excluding hydrogens is 682 g/mol. The number of aromatic amines is 1. The van der Waals surface area contributed by atoms with Crippen LogP contribution in [-0.2, 0) is 55.7 Å². The summed E-state index contributed by atoms with van der Waals surface area (Å²) in [5.41, 5.74) is -2.84. The summed E-state index contributed by atoms with van der Waals surface area (Å²) in [5.74, 6) is -3.40. The number of aryl methyl sites for hydroxylation is 2. The predicted octanol–water partition coefficient (Wildman–Crippen LogP) is 6.31. The highest BCUT2D eigenvalue weighted by molar-refractivity contribution is 5.87. The molecule has 2 aromatic heterocycles. The van der Waals surface area contributed by atoms with Gasteiger partial charge in [0, 0.05) is 17.9 Å². The van der Waals surface area contributed by atoms with E-state index in [1.54, 1.807) is 18.5 Å². The Morgan fingerprint density at radius 1 is 0.736 bits per heavy atom. The molecule has 0 spiro atoms. The molecule has 13 nitrogen and oxygen atoms in total. The third kappa shape index (κ3) is 10.6. The van der Waals surface area contributed by atoms with Crippen molar-refractivity contribution in [1.82, 2.24) is 15.2 Å². The Morgan fingerprint density at radius 3 is 1.87 bits per heavy atom. The fourth-order valence-electron chi connectivity index (χ4n) is 5.06. The van der Waals surface area contributed by atoms with Crippen LogP contribution in [0.5, 0.6) is 5.88 Å². The summed E-state index contributed by atoms with van der Waals surface area (Å²) in [6.45, 7) is 9.91. The molecule has 53 heavy (non-hydrogen) atoms. The van der Waals surface area contributed by atoms with Crippen LogP contribution in [0.1, 0.15) is 99.6 Å². The second kappa shape index (κ2) is 15.8. The summed E-state index contributed by atoms with van der Waals surface area (Å²) < 4.78 is 68.5. The number of pyridine rings is 1. The van der Waals surface area contributed by atoms with E-state index in [9.17, 15) is 19.2 Å². The molecule has 1 unspecified atom stereocenters. The van der Waals surface area contributed by atoms with Gasteiger partial charge in [0.2, 0.25) is 18.3 Å². The van der Waals surface area contributed by atoms with Crippen LogP contribution < -0.4 is 4.74 Å². The molecule has 0 aliphatic carbocycles. The molecule has 0 amide bonds. The van der Waals surface area contributed by atoms with Gasteiger partial charge in [-0.05, 0) is 125 Å². The smallest absolute Gasteiger partial charge is 0.311 e. The molecule has 1 aromatic carbocycles. The summed E-state index contributed by atoms with van der Waals surface area (Å²) in [7, 11) is 0. The average molecular weight is 742 g/mol. The van der Waals surface area contributed by atoms with Gasteiger partial charge in [-0.2, -0.15) is 0 Å². The summed E-state index contributed by atoms with van der Waals surface area (Å²) in [6, 6.07) is 9.40. The Bertz CT molecular complexity index is 1870. The molecule has 5 atom stereocenters. The van der Waals surface area contributed by atoms with Gasteiger partial charge in [0.05, 0.1) is 32.6 Å². The third-order valence-corrected chi connectivity index (χ3v) is 8.21. The number of esters is 4. The lowest BCUT2D eigenvalue weighted by Crippen LogP contribution is -2.65. The van der Waals surface area contributed by atoms with Crippen molar-refractivity contribution in [3.05, 3.63) is 53.9 Å². The van der Waals surface area contributed by atoms with Crippen LogP contribution in [0.4, 0.5) is 0 Å². The zero-order chi connectivity index (χ0) is 42.3. The lowest BCUT2D eigenvalue weighted by Gasteiger charge is -2.45. The molecule has 1 N–H and O–H groups in total. The molecule has 1 fully saturated rings. The van der Waals surface area contributed by atoms with Crippen LogP contribution in [0, 0.1) is 21.7 Å². The summed E-state index contributed by atoms with van der Waals surface area (Å²) in [5, 5.41) is 7.96. The molecule has 0 saturated carbocycles. The first-order chi connectivity index (χ1) is 26.7. The first-order valence-corrected chi connectivity index (χ1v) is 17.4. The molecule has 13 heteroatoms. The van der Waals surface area contributed by atoms with Crippen molar-refractivity contribution in [3.63, 3.8) is 0 Å². The third-order valence-electron chi connectivity index (χ3n) is 8.21. The Morgan fingerprint density at radius 2 is 1.28 bits per heavy atom. The second-order valence-corrected chi connectivity index (χ2v) is 16.1. The number of ether oxygens (including phenoxy) is 6. The summed E-state index contributed by atoms with van der Waals surface area (Å²) in [4.78, 5) is 58.5. The number of benzene rings is 1. The molecular formula is C40H55N3O10. The number of hydrogen-bond donors (Lipinski definition) is 1. The maximum absolute atomic E-state index is 13.8. The number of H-pyrrole nitrogens is 1. The van der Waals surface area contributed by atoms with Gasteiger partial charge >= 0.3 is 23.9 Å². The zero-order valence-electron chi connectivity index (χ0n) is 35.9. The summed E-state index contributed by atoms with van der Waals surface area (Å²) >= 11 is 0. The van der Waals surface area contributed by atoms with Gasteiger partial charge in [-0.25, -0.2) is 0 Å². The van der Waals surface area contributed by atoms with Gasteiger partial charge in [0.15, 0.2) is 12.2 Å². The maximum Gasteiger partial charge on any atom is 0.311 e. The maximum atomic E-state index is 13.8. The van der Waals surface area contributed by atoms with E-state index in [0.29, 0.717) is 23.7 Å². The number of hydrogen-bond acceptors (Lipinski definition) is 12. The van der Waals surface area contributed by atoms with Crippen molar-refractivity contribution < 1.29 is 53.1 Å². The van der Waals surface area contributed by atoms with E-state index in [2.05, 4.69) is 15.2 Å². The van der Waals surface area contributed by atoms with E-state index < -0.39 is 89.7 Å². The highest BCUT2D eigenvalue weighted by Gasteiger charge is 2.56. The number of carbonyl (C=O) groups excluding carboxylic acids is 4. The van der Waals surface area contributed by atoms with E-state index in [1.807, 2.05) is 24.3 Å². The zero-order valence-corrected chi connectivity index (χ0v) is 31.9. The number of aromatic nitrogens is 3. The Kier molecular flexibility index (Phi) is 10.6. The van der Waals surface area contributed by atoms with Gasteiger partial charge in [0.1, 0.15) is 12.7 Å². The molecule has 1 aliphatic rings. The Hall–Kier alpha value is -4.52. The van der Waals surface area contributed by atoms with Crippen LogP contribution in [0.3, 0.4) is 0 Å². The minimum absolute atomic E-state index is 0.0366. The lowest BCUT2D eigenvalue weighted by atomic mass is 9.93. The fraction of sp³-hybridized carbons (Fsp3) is 0.600. The van der Waals surface area contributed by atoms with Crippen molar-refractivity contribution in [2.75, 3.05) is 6.61 Å². The largest absolute Gasteiger partial charge is 0.462 e. The molecule has 3 aromatic rings. The van der Waals surface area contributed by atoms with Crippen LogP contribution in [0.15, 0.2) is 42.7 Å². The Balaban J connectivity index is 1.88. The minimum Gasteiger partial charge on any atom is -0.462 e. The fourth-order valence-corrected chi connectivity index (χ4v) is 5.06. The number of fused-ring (bicyclic) bond motifs is 1. The van der Waals surface area contributed by atoms with Crippen molar-refractivity contribution in [3.8, 4) is 5.88 Å². The highest BCUT2D eigenvalue weighted by Crippen LogP contribution is 2.37. The van der Waals surface area contributed by atoms with Gasteiger partial charge < -0.3 is 28.4 Å². The SMILES string of the molecule is [2H]CC(C)(C)C(=O)OC[C@H]1OC(Oc2n[nH]c3cccc(CCc4ccncc4)c23)[C@H](OC(=O)C(C)(C)C[2H])[C@@H](OC(=O)C(C)(C)C[2H])[C@@H]1OC(=O)C(C)(C)C[2H]. The summed E-state index contributed by atoms with van der Waals surface area (Å²) in [6.07, 6.45) is -3.44. The molecule has 1 saturated heterocycles. The van der Waals surface area contributed by atoms with E-state index >= 15 is 0 Å². The van der Waals surface area contributed by atoms with Gasteiger partial charge in [-0.1, -0.05) is 12.1 Å². The van der Waals surface area contributed by atoms with Gasteiger partial charge in [-0.15, -0.1) is 5.10 Å². The van der Waals surface area contributed by atoms with Crippen LogP contribution in [-0.4, -0.2) is 76.4 Å². The standard InChI is InChI=1S/C40H55N3O10/c1-37(2,3)33(44)48-22-26-28(50-34(45)38(4,5)6)29(51-35(46)39(7,8)9)30(52-36(47)40(10,11)12)32(49-26)53-31-27-24(14-13-15-25(27)42-43-31)17-16-23-18-20-41-21-19-23/h13-15,18-21,26,28-30,32H,16-17,22H2,1-12H3,(H,42,43)/t26-,28-,29+,30-,32?/m1/s1/i1D,4D,7D,10D. The van der Waals surface area contributed by atoms with Crippen LogP contribution in [0.25, 0.3) is 10.9 Å². The second-order valence-electron chi connectivity index (χ2n) is 16.1. The quantitative estimate of drug-likeness (QED) is 0.182. The molecule has 0 bridgehead atoms. The van der Waals surface area contributed by atoms with Crippen LogP contribution in [0.2, 0.25) is 0 Å². The van der Waals surface area contributed by atoms with Crippen LogP contribution >= 0.6 is 0 Å². The Labute approximate surface area is 317 Å². The van der Waals surface area contributed by atoms with E-state index in [-0.39, 0.29) is 26.6 Å². The normalized spacial score (nSPS) is 22.1. The number of nitrogens with zero attached hydrogens (tertiary/aromatic N) is 2. The predicted molar refractivity (Wildman–Crippen MR) is 195 cm³/mol. The van der Waals surface area contributed by atoms with Crippen molar-refractivity contribution in [1.29, 1.82) is 0 Å². The van der Waals surface area contributed by atoms with E-state index in [0.717, 1.165) is 11.1 Å². The van der Waals surface area contributed by atoms with E-state index in [1.165, 1.54) is 55.4 Å². The molecule has 0 radical (unpaired) electrons. The minimum atomic E-state index is -1.69. The van der Waals surface area contributed by atoms with Gasteiger partial charge in [-0.3, -0.25) is 29.3 Å². The van der Waals surface area contributed by atoms with E-state index in [4.69, 9.17) is 33.9 Å². The number of carbonyl (C=O) groups is 4. The lowest BCUT2D eigenvalue weighted by molar-refractivity contribution is -0.294. The first-order valence-electron chi connectivity index (χ1n) is 20.2. The number of nitrogens with one attached hydrogen (secondary N) is 1. The molecule has 290 valence electrons. The topological polar surface area (TPSA) is 165 Å². The number of rotatable bonds is 10. The van der Waals surface area contributed by atoms with Crippen molar-refractivity contribution in [2.45, 2.75) is 127 Å². The van der Waals surface area contributed by atoms with Crippen molar-refractivity contribution >= 4 is 34.8 Å². The molecule has 4 rings (SSSR count). The van der Waals surface area contributed by atoms with Gasteiger partial charge in [0.25, 0.3) is 0 Å². The molecule has 3 heterocycles. The monoisotopic (exact) mass is 741 g/mol.